The lowest BCUT2D eigenvalue weighted by atomic mass is 10.3. The summed E-state index contributed by atoms with van der Waals surface area (Å²) in [6.07, 6.45) is 1.08. The first-order chi connectivity index (χ1) is 8.26. The summed E-state index contributed by atoms with van der Waals surface area (Å²) in [5, 5.41) is 4.08. The predicted molar refractivity (Wildman–Crippen MR) is 67.0 cm³/mol. The van der Waals surface area contributed by atoms with Gasteiger partial charge in [-0.25, -0.2) is 13.2 Å². The van der Waals surface area contributed by atoms with Gasteiger partial charge in [-0.2, -0.15) is 5.10 Å². The van der Waals surface area contributed by atoms with E-state index in [1.807, 2.05) is 6.92 Å². The van der Waals surface area contributed by atoms with Crippen LogP contribution in [0.15, 0.2) is 0 Å². The topological polar surface area (TPSA) is 104 Å². The quantitative estimate of drug-likeness (QED) is 0.758. The molecule has 0 spiro atoms. The average molecular weight is 275 g/mol. The summed E-state index contributed by atoms with van der Waals surface area (Å²) in [6.45, 7) is 3.80. The van der Waals surface area contributed by atoms with Gasteiger partial charge in [-0.3, -0.25) is 4.68 Å². The molecule has 0 fully saturated rings. The van der Waals surface area contributed by atoms with E-state index in [1.54, 1.807) is 6.92 Å². The summed E-state index contributed by atoms with van der Waals surface area (Å²) in [4.78, 5) is 11.8. The van der Waals surface area contributed by atoms with Gasteiger partial charge in [-0.15, -0.1) is 0 Å². The van der Waals surface area contributed by atoms with Crippen molar-refractivity contribution in [1.29, 1.82) is 0 Å². The largest absolute Gasteiger partial charge is 0.460 e. The number of aromatic nitrogens is 2. The van der Waals surface area contributed by atoms with Crippen LogP contribution < -0.4 is 5.73 Å². The molecule has 102 valence electrons. The van der Waals surface area contributed by atoms with Crippen LogP contribution in [0.2, 0.25) is 0 Å². The Labute approximate surface area is 106 Å². The second kappa shape index (κ2) is 5.38. The minimum absolute atomic E-state index is 0.170. The number of rotatable bonds is 5. The summed E-state index contributed by atoms with van der Waals surface area (Å²) < 4.78 is 28.1. The molecule has 1 aromatic heterocycles. The van der Waals surface area contributed by atoms with Crippen molar-refractivity contribution in [3.63, 3.8) is 0 Å². The Morgan fingerprint density at radius 2 is 2.11 bits per heavy atom. The van der Waals surface area contributed by atoms with E-state index in [2.05, 4.69) is 5.10 Å². The molecule has 0 aliphatic rings. The number of nitrogen functional groups attached to an aromatic ring is 1. The molecule has 0 aliphatic heterocycles. The Balaban J connectivity index is 2.79. The average Bonchev–Trinajstić information content (AvgIpc) is 2.53. The molecule has 0 saturated heterocycles. The van der Waals surface area contributed by atoms with Gasteiger partial charge in [-0.1, -0.05) is 0 Å². The summed E-state index contributed by atoms with van der Waals surface area (Å²) in [5.41, 5.74) is 6.72. The highest BCUT2D eigenvalue weighted by Gasteiger charge is 2.20. The third-order valence-corrected chi connectivity index (χ3v) is 3.26. The van der Waals surface area contributed by atoms with Gasteiger partial charge in [0.25, 0.3) is 0 Å². The first-order valence-corrected chi connectivity index (χ1v) is 7.50. The van der Waals surface area contributed by atoms with Crippen molar-refractivity contribution in [3.05, 3.63) is 11.4 Å². The zero-order valence-corrected chi connectivity index (χ0v) is 11.5. The van der Waals surface area contributed by atoms with E-state index in [0.29, 0.717) is 12.2 Å². The lowest BCUT2D eigenvalue weighted by Gasteiger charge is -2.06. The lowest BCUT2D eigenvalue weighted by molar-refractivity contribution is 0.0516. The van der Waals surface area contributed by atoms with Crippen molar-refractivity contribution in [1.82, 2.24) is 9.78 Å². The number of anilines is 1. The Morgan fingerprint density at radius 3 is 2.61 bits per heavy atom. The summed E-state index contributed by atoms with van der Waals surface area (Å²) >= 11 is 0. The molecule has 0 unspecified atom stereocenters. The van der Waals surface area contributed by atoms with Crippen LogP contribution >= 0.6 is 0 Å². The van der Waals surface area contributed by atoms with Crippen LogP contribution in [0.25, 0.3) is 0 Å². The van der Waals surface area contributed by atoms with Gasteiger partial charge < -0.3 is 10.5 Å². The normalized spacial score (nSPS) is 11.5. The minimum atomic E-state index is -3.15. The standard InChI is InChI=1S/C10H17N3O4S/c1-4-13-9(8(11)7(2)12-13)10(14)17-5-6-18(3,15)16/h4-6,11H2,1-3H3. The number of carbonyl (C=O) groups is 1. The monoisotopic (exact) mass is 275 g/mol. The number of nitrogens with two attached hydrogens (primary N) is 1. The highest BCUT2D eigenvalue weighted by atomic mass is 32.2. The minimum Gasteiger partial charge on any atom is -0.460 e. The smallest absolute Gasteiger partial charge is 0.358 e. The van der Waals surface area contributed by atoms with Crippen LogP contribution in [0, 0.1) is 6.92 Å². The SMILES string of the molecule is CCn1nc(C)c(N)c1C(=O)OCCS(C)(=O)=O. The highest BCUT2D eigenvalue weighted by molar-refractivity contribution is 7.90. The molecule has 0 bridgehead atoms. The van der Waals surface area contributed by atoms with E-state index >= 15 is 0 Å². The zero-order chi connectivity index (χ0) is 13.9. The van der Waals surface area contributed by atoms with Crippen LogP contribution in [-0.2, 0) is 21.1 Å². The number of hydrogen-bond donors (Lipinski definition) is 1. The molecule has 1 aromatic rings. The molecule has 0 amide bonds. The van der Waals surface area contributed by atoms with Crippen LogP contribution in [0.4, 0.5) is 5.69 Å². The molecule has 0 atom stereocenters. The fourth-order valence-corrected chi connectivity index (χ4v) is 1.78. The molecule has 1 rings (SSSR count). The fraction of sp³-hybridized carbons (Fsp3) is 0.600. The van der Waals surface area contributed by atoms with Crippen molar-refractivity contribution in [2.75, 3.05) is 24.3 Å². The molecule has 18 heavy (non-hydrogen) atoms. The van der Waals surface area contributed by atoms with E-state index in [1.165, 1.54) is 4.68 Å². The lowest BCUT2D eigenvalue weighted by Crippen LogP contribution is -2.18. The number of sulfone groups is 1. The van der Waals surface area contributed by atoms with Crippen LogP contribution in [0.5, 0.6) is 0 Å². The molecule has 8 heteroatoms. The molecule has 0 aliphatic carbocycles. The summed E-state index contributed by atoms with van der Waals surface area (Å²) in [7, 11) is -3.15. The van der Waals surface area contributed by atoms with Crippen molar-refractivity contribution in [2.24, 2.45) is 0 Å². The van der Waals surface area contributed by atoms with E-state index < -0.39 is 15.8 Å². The molecular formula is C10H17N3O4S. The van der Waals surface area contributed by atoms with Gasteiger partial charge in [0.15, 0.2) is 15.5 Å². The fourth-order valence-electron chi connectivity index (χ4n) is 1.39. The zero-order valence-electron chi connectivity index (χ0n) is 10.6. The number of hydrogen-bond acceptors (Lipinski definition) is 6. The van der Waals surface area contributed by atoms with E-state index in [-0.39, 0.29) is 23.7 Å². The van der Waals surface area contributed by atoms with Gasteiger partial charge in [0, 0.05) is 12.8 Å². The first kappa shape index (κ1) is 14.5. The Morgan fingerprint density at radius 1 is 1.50 bits per heavy atom. The van der Waals surface area contributed by atoms with Gasteiger partial charge in [0.1, 0.15) is 6.61 Å². The van der Waals surface area contributed by atoms with E-state index in [4.69, 9.17) is 10.5 Å². The van der Waals surface area contributed by atoms with Crippen molar-refractivity contribution in [3.8, 4) is 0 Å². The molecule has 0 saturated carbocycles. The molecule has 0 radical (unpaired) electrons. The molecule has 0 aromatic carbocycles. The molecule has 1 heterocycles. The Bertz CT molecular complexity index is 548. The van der Waals surface area contributed by atoms with Gasteiger partial charge in [0.2, 0.25) is 0 Å². The molecule has 2 N–H and O–H groups in total. The predicted octanol–water partition coefficient (Wildman–Crippen LogP) is -0.00498. The van der Waals surface area contributed by atoms with Crippen molar-refractivity contribution in [2.45, 2.75) is 20.4 Å². The third kappa shape index (κ3) is 3.46. The van der Waals surface area contributed by atoms with Gasteiger partial charge >= 0.3 is 5.97 Å². The maximum Gasteiger partial charge on any atom is 0.358 e. The van der Waals surface area contributed by atoms with Crippen molar-refractivity contribution >= 4 is 21.5 Å². The highest BCUT2D eigenvalue weighted by Crippen LogP contribution is 2.17. The van der Waals surface area contributed by atoms with E-state index in [0.717, 1.165) is 6.26 Å². The van der Waals surface area contributed by atoms with E-state index in [9.17, 15) is 13.2 Å². The summed E-state index contributed by atoms with van der Waals surface area (Å²) in [6, 6.07) is 0. The molecular weight excluding hydrogens is 258 g/mol. The van der Waals surface area contributed by atoms with Crippen LogP contribution in [-0.4, -0.2) is 42.8 Å². The number of ether oxygens (including phenoxy) is 1. The maximum absolute atomic E-state index is 11.8. The maximum atomic E-state index is 11.8. The van der Waals surface area contributed by atoms with Crippen LogP contribution in [0.1, 0.15) is 23.1 Å². The number of esters is 1. The first-order valence-electron chi connectivity index (χ1n) is 5.44. The Kier molecular flexibility index (Phi) is 4.33. The number of aryl methyl sites for hydroxylation is 2. The number of nitrogens with zero attached hydrogens (tertiary/aromatic N) is 2. The summed E-state index contributed by atoms with van der Waals surface area (Å²) in [5.74, 6) is -0.865. The van der Waals surface area contributed by atoms with Gasteiger partial charge in [-0.05, 0) is 13.8 Å². The number of carbonyl (C=O) groups excluding carboxylic acids is 1. The van der Waals surface area contributed by atoms with Crippen LogP contribution in [0.3, 0.4) is 0 Å². The van der Waals surface area contributed by atoms with Crippen molar-refractivity contribution < 1.29 is 17.9 Å². The molecule has 7 nitrogen and oxygen atoms in total. The second-order valence-corrected chi connectivity index (χ2v) is 6.19. The van der Waals surface area contributed by atoms with Gasteiger partial charge in [0.05, 0.1) is 17.1 Å². The third-order valence-electron chi connectivity index (χ3n) is 2.35. The second-order valence-electron chi connectivity index (χ2n) is 3.93. The Hall–Kier alpha value is -1.57.